The van der Waals surface area contributed by atoms with E-state index < -0.39 is 0 Å². The molecule has 14 heavy (non-hydrogen) atoms. The van der Waals surface area contributed by atoms with Gasteiger partial charge in [-0.3, -0.25) is 4.90 Å². The van der Waals surface area contributed by atoms with Crippen LogP contribution in [0.5, 0.6) is 0 Å². The van der Waals surface area contributed by atoms with Crippen molar-refractivity contribution in [1.82, 2.24) is 10.2 Å². The predicted octanol–water partition coefficient (Wildman–Crippen LogP) is 1.10. The normalized spacial score (nSPS) is 24.4. The molecule has 0 spiro atoms. The maximum Gasteiger partial charge on any atom is 0.0826 e. The summed E-state index contributed by atoms with van der Waals surface area (Å²) in [5.74, 6) is 0. The summed E-state index contributed by atoms with van der Waals surface area (Å²) in [6.07, 6.45) is 2.89. The van der Waals surface area contributed by atoms with E-state index in [-0.39, 0.29) is 0 Å². The molecule has 0 aliphatic carbocycles. The Balaban J connectivity index is 2.38. The van der Waals surface area contributed by atoms with Crippen LogP contribution in [0, 0.1) is 0 Å². The quantitative estimate of drug-likeness (QED) is 0.719. The Morgan fingerprint density at radius 1 is 1.43 bits per heavy atom. The second-order valence-corrected chi connectivity index (χ2v) is 4.02. The molecule has 84 valence electrons. The largest absolute Gasteiger partial charge is 0.374 e. The first-order valence-corrected chi connectivity index (χ1v) is 5.82. The van der Waals surface area contributed by atoms with E-state index in [9.17, 15) is 0 Å². The van der Waals surface area contributed by atoms with Gasteiger partial charge >= 0.3 is 0 Å². The van der Waals surface area contributed by atoms with Crippen molar-refractivity contribution in [3.05, 3.63) is 0 Å². The molecular formula is C11H24N2O. The van der Waals surface area contributed by atoms with Crippen LogP contribution in [-0.2, 0) is 4.74 Å². The summed E-state index contributed by atoms with van der Waals surface area (Å²) >= 11 is 0. The van der Waals surface area contributed by atoms with Crippen LogP contribution in [0.3, 0.4) is 0 Å². The van der Waals surface area contributed by atoms with Gasteiger partial charge in [0.25, 0.3) is 0 Å². The highest BCUT2D eigenvalue weighted by Crippen LogP contribution is 2.13. The number of hydrogen-bond donors (Lipinski definition) is 1. The van der Waals surface area contributed by atoms with E-state index in [0.29, 0.717) is 6.10 Å². The third-order valence-electron chi connectivity index (χ3n) is 3.06. The number of morpholine rings is 1. The lowest BCUT2D eigenvalue weighted by Crippen LogP contribution is -2.49. The first-order valence-electron chi connectivity index (χ1n) is 5.82. The number of likely N-dealkylation sites (N-methyl/N-ethyl adjacent to an activating group) is 1. The van der Waals surface area contributed by atoms with Crippen molar-refractivity contribution in [3.8, 4) is 0 Å². The van der Waals surface area contributed by atoms with Gasteiger partial charge in [-0.2, -0.15) is 0 Å². The first-order chi connectivity index (χ1) is 6.81. The van der Waals surface area contributed by atoms with Crippen LogP contribution in [-0.4, -0.2) is 50.3 Å². The fraction of sp³-hybridized carbons (Fsp3) is 1.00. The number of ether oxygens (including phenoxy) is 1. The van der Waals surface area contributed by atoms with E-state index in [0.717, 1.165) is 32.3 Å². The zero-order valence-electron chi connectivity index (χ0n) is 9.75. The Labute approximate surface area is 87.8 Å². The Morgan fingerprint density at radius 3 is 2.71 bits per heavy atom. The second kappa shape index (κ2) is 6.38. The summed E-state index contributed by atoms with van der Waals surface area (Å²) in [5.41, 5.74) is 0. The molecule has 0 amide bonds. The van der Waals surface area contributed by atoms with Gasteiger partial charge in [0.05, 0.1) is 12.7 Å². The molecule has 1 rings (SSSR count). The van der Waals surface area contributed by atoms with E-state index in [2.05, 4.69) is 24.1 Å². The van der Waals surface area contributed by atoms with Gasteiger partial charge in [0, 0.05) is 25.7 Å². The topological polar surface area (TPSA) is 24.5 Å². The van der Waals surface area contributed by atoms with E-state index >= 15 is 0 Å². The molecule has 3 nitrogen and oxygen atoms in total. The van der Waals surface area contributed by atoms with Crippen molar-refractivity contribution in [2.75, 3.05) is 33.3 Å². The minimum absolute atomic E-state index is 0.384. The van der Waals surface area contributed by atoms with Crippen LogP contribution in [0.25, 0.3) is 0 Å². The lowest BCUT2D eigenvalue weighted by atomic mass is 10.1. The monoisotopic (exact) mass is 200 g/mol. The first kappa shape index (κ1) is 12.0. The van der Waals surface area contributed by atoms with Crippen molar-refractivity contribution in [2.45, 2.75) is 38.8 Å². The van der Waals surface area contributed by atoms with Crippen LogP contribution < -0.4 is 5.32 Å². The van der Waals surface area contributed by atoms with E-state index in [1.54, 1.807) is 0 Å². The molecule has 0 bridgehead atoms. The Hall–Kier alpha value is -0.120. The maximum atomic E-state index is 5.68. The highest BCUT2D eigenvalue weighted by Gasteiger charge is 2.23. The zero-order valence-corrected chi connectivity index (χ0v) is 9.75. The number of hydrogen-bond acceptors (Lipinski definition) is 3. The van der Waals surface area contributed by atoms with Crippen LogP contribution in [0.15, 0.2) is 0 Å². The summed E-state index contributed by atoms with van der Waals surface area (Å²) in [4.78, 5) is 2.57. The second-order valence-electron chi connectivity index (χ2n) is 4.02. The van der Waals surface area contributed by atoms with Gasteiger partial charge in [-0.15, -0.1) is 0 Å². The Kier molecular flexibility index (Phi) is 5.45. The van der Waals surface area contributed by atoms with E-state index in [4.69, 9.17) is 4.74 Å². The van der Waals surface area contributed by atoms with Crippen molar-refractivity contribution in [2.24, 2.45) is 0 Å². The van der Waals surface area contributed by atoms with Crippen molar-refractivity contribution >= 4 is 0 Å². The average Bonchev–Trinajstić information content (AvgIpc) is 2.21. The molecule has 1 aliphatic rings. The summed E-state index contributed by atoms with van der Waals surface area (Å²) < 4.78 is 5.68. The van der Waals surface area contributed by atoms with Crippen molar-refractivity contribution in [3.63, 3.8) is 0 Å². The molecule has 1 aliphatic heterocycles. The van der Waals surface area contributed by atoms with E-state index in [1.807, 2.05) is 7.05 Å². The highest BCUT2D eigenvalue weighted by atomic mass is 16.5. The molecule has 1 atom stereocenters. The molecule has 1 N–H and O–H groups in total. The van der Waals surface area contributed by atoms with Crippen molar-refractivity contribution in [1.29, 1.82) is 0 Å². The third kappa shape index (κ3) is 3.23. The molecule has 1 fully saturated rings. The molecule has 0 aromatic carbocycles. The van der Waals surface area contributed by atoms with Crippen LogP contribution >= 0.6 is 0 Å². The van der Waals surface area contributed by atoms with Crippen molar-refractivity contribution < 1.29 is 4.74 Å². The molecule has 1 heterocycles. The van der Waals surface area contributed by atoms with E-state index in [1.165, 1.54) is 12.8 Å². The number of rotatable bonds is 5. The maximum absolute atomic E-state index is 5.68. The minimum atomic E-state index is 0.384. The van der Waals surface area contributed by atoms with Gasteiger partial charge in [0.1, 0.15) is 0 Å². The standard InChI is InChI=1S/C11H24N2O/c1-4-10(5-2)13-6-7-14-11(9-13)8-12-3/h10-12H,4-9H2,1-3H3. The lowest BCUT2D eigenvalue weighted by molar-refractivity contribution is -0.0422. The highest BCUT2D eigenvalue weighted by molar-refractivity contribution is 4.77. The molecule has 0 radical (unpaired) electrons. The predicted molar refractivity (Wildman–Crippen MR) is 59.6 cm³/mol. The Morgan fingerprint density at radius 2 is 2.14 bits per heavy atom. The molecular weight excluding hydrogens is 176 g/mol. The fourth-order valence-corrected chi connectivity index (χ4v) is 2.23. The van der Waals surface area contributed by atoms with Crippen LogP contribution in [0.4, 0.5) is 0 Å². The molecule has 1 unspecified atom stereocenters. The fourth-order valence-electron chi connectivity index (χ4n) is 2.23. The summed E-state index contributed by atoms with van der Waals surface area (Å²) in [6.45, 7) is 8.60. The Bertz CT molecular complexity index is 146. The molecule has 1 saturated heterocycles. The zero-order chi connectivity index (χ0) is 10.4. The van der Waals surface area contributed by atoms with Crippen LogP contribution in [0.1, 0.15) is 26.7 Å². The van der Waals surface area contributed by atoms with Gasteiger partial charge in [-0.25, -0.2) is 0 Å². The average molecular weight is 200 g/mol. The smallest absolute Gasteiger partial charge is 0.0826 e. The van der Waals surface area contributed by atoms with Gasteiger partial charge in [-0.05, 0) is 19.9 Å². The number of nitrogens with one attached hydrogen (secondary N) is 1. The minimum Gasteiger partial charge on any atom is -0.374 e. The van der Waals surface area contributed by atoms with Gasteiger partial charge < -0.3 is 10.1 Å². The lowest BCUT2D eigenvalue weighted by Gasteiger charge is -2.37. The van der Waals surface area contributed by atoms with Gasteiger partial charge in [-0.1, -0.05) is 13.8 Å². The van der Waals surface area contributed by atoms with Gasteiger partial charge in [0.15, 0.2) is 0 Å². The third-order valence-corrected chi connectivity index (χ3v) is 3.06. The summed E-state index contributed by atoms with van der Waals surface area (Å²) in [7, 11) is 1.99. The van der Waals surface area contributed by atoms with Gasteiger partial charge in [0.2, 0.25) is 0 Å². The summed E-state index contributed by atoms with van der Waals surface area (Å²) in [6, 6.07) is 0.748. The SMILES string of the molecule is CCC(CC)N1CCOC(CNC)C1. The number of nitrogens with zero attached hydrogens (tertiary/aromatic N) is 1. The van der Waals surface area contributed by atoms with Crippen LogP contribution in [0.2, 0.25) is 0 Å². The molecule has 0 saturated carbocycles. The molecule has 0 aromatic rings. The molecule has 3 heteroatoms. The summed E-state index contributed by atoms with van der Waals surface area (Å²) in [5, 5.41) is 3.18. The molecule has 0 aromatic heterocycles.